The molecule has 9 nitrogen and oxygen atoms in total. The van der Waals surface area contributed by atoms with Crippen LogP contribution >= 0.6 is 11.8 Å². The number of hydrogen-bond donors (Lipinski definition) is 2. The summed E-state index contributed by atoms with van der Waals surface area (Å²) >= 11 is 1.08. The first kappa shape index (κ1) is 19.7. The van der Waals surface area contributed by atoms with Gasteiger partial charge in [0.05, 0.1) is 24.5 Å². The van der Waals surface area contributed by atoms with Gasteiger partial charge in [0.25, 0.3) is 5.56 Å². The number of rotatable bonds is 6. The molecule has 2 N–H and O–H groups in total. The Morgan fingerprint density at radius 1 is 1.29 bits per heavy atom. The van der Waals surface area contributed by atoms with E-state index >= 15 is 0 Å². The number of esters is 1. The maximum Gasteiger partial charge on any atom is 0.311 e. The molecule has 1 aromatic carbocycles. The molecule has 1 aliphatic heterocycles. The van der Waals surface area contributed by atoms with E-state index in [1.807, 2.05) is 0 Å². The van der Waals surface area contributed by atoms with Crippen LogP contribution in [0.15, 0.2) is 34.2 Å². The molecule has 1 aromatic heterocycles. The summed E-state index contributed by atoms with van der Waals surface area (Å²) in [6, 6.07) is 6.37. The highest BCUT2D eigenvalue weighted by molar-refractivity contribution is 8.00. The van der Waals surface area contributed by atoms with Gasteiger partial charge in [-0.15, -0.1) is 0 Å². The number of H-pyrrole nitrogens is 1. The average molecular weight is 405 g/mol. The lowest BCUT2D eigenvalue weighted by atomic mass is 10.2. The zero-order valence-electron chi connectivity index (χ0n) is 15.3. The molecule has 148 valence electrons. The maximum absolute atomic E-state index is 12.5. The second kappa shape index (κ2) is 8.79. The molecule has 28 heavy (non-hydrogen) atoms. The molecule has 0 saturated carbocycles. The van der Waals surface area contributed by atoms with E-state index in [9.17, 15) is 14.4 Å². The number of hydrogen-bond acceptors (Lipinski definition) is 8. The summed E-state index contributed by atoms with van der Waals surface area (Å²) in [7, 11) is 1.26. The Morgan fingerprint density at radius 3 is 2.79 bits per heavy atom. The van der Waals surface area contributed by atoms with E-state index in [0.717, 1.165) is 11.8 Å². The summed E-state index contributed by atoms with van der Waals surface area (Å²) in [6.45, 7) is 2.63. The zero-order chi connectivity index (χ0) is 20.1. The van der Waals surface area contributed by atoms with Crippen LogP contribution in [0.25, 0.3) is 0 Å². The van der Waals surface area contributed by atoms with E-state index in [2.05, 4.69) is 20.0 Å². The van der Waals surface area contributed by atoms with Crippen molar-refractivity contribution < 1.29 is 23.8 Å². The topological polar surface area (TPSA) is 120 Å². The molecule has 1 atom stereocenters. The number of benzene rings is 1. The van der Waals surface area contributed by atoms with E-state index in [-0.39, 0.29) is 23.2 Å². The van der Waals surface area contributed by atoms with Crippen molar-refractivity contribution in [3.05, 3.63) is 40.3 Å². The minimum absolute atomic E-state index is 0.119. The third-order valence-corrected chi connectivity index (χ3v) is 4.78. The second-order valence-electron chi connectivity index (χ2n) is 5.90. The molecular weight excluding hydrogens is 386 g/mol. The number of aromatic amines is 1. The lowest BCUT2D eigenvalue weighted by Gasteiger charge is -2.19. The third-order valence-electron chi connectivity index (χ3n) is 3.79. The number of ether oxygens (including phenoxy) is 3. The van der Waals surface area contributed by atoms with E-state index in [1.54, 1.807) is 25.1 Å². The molecule has 1 aliphatic rings. The molecule has 2 heterocycles. The minimum atomic E-state index is -0.551. The van der Waals surface area contributed by atoms with Crippen molar-refractivity contribution in [2.24, 2.45) is 0 Å². The van der Waals surface area contributed by atoms with Crippen molar-refractivity contribution in [3.63, 3.8) is 0 Å². The molecule has 10 heteroatoms. The largest absolute Gasteiger partial charge is 0.486 e. The Labute approximate surface area is 164 Å². The normalized spacial score (nSPS) is 13.5. The Hall–Kier alpha value is -3.01. The predicted molar refractivity (Wildman–Crippen MR) is 102 cm³/mol. The monoisotopic (exact) mass is 405 g/mol. The molecule has 0 spiro atoms. The number of fused-ring (bicyclic) bond motifs is 1. The van der Waals surface area contributed by atoms with Crippen molar-refractivity contribution in [2.75, 3.05) is 25.6 Å². The van der Waals surface area contributed by atoms with E-state index < -0.39 is 16.8 Å². The van der Waals surface area contributed by atoms with Gasteiger partial charge in [0, 0.05) is 17.8 Å². The van der Waals surface area contributed by atoms with E-state index in [1.165, 1.54) is 13.2 Å². The van der Waals surface area contributed by atoms with Gasteiger partial charge in [-0.3, -0.25) is 14.4 Å². The number of methoxy groups -OCH3 is 1. The van der Waals surface area contributed by atoms with Crippen LogP contribution in [0.1, 0.15) is 12.6 Å². The van der Waals surface area contributed by atoms with Gasteiger partial charge >= 0.3 is 5.97 Å². The molecule has 0 fully saturated rings. The van der Waals surface area contributed by atoms with Gasteiger partial charge in [0.2, 0.25) is 5.91 Å². The summed E-state index contributed by atoms with van der Waals surface area (Å²) in [4.78, 5) is 42.4. The SMILES string of the molecule is COC(=O)Cc1cc(=O)[nH]c(S[C@H](C)C(=O)Nc2ccc3c(c2)OCCO3)n1. The Kier molecular flexibility index (Phi) is 6.19. The zero-order valence-corrected chi connectivity index (χ0v) is 16.1. The minimum Gasteiger partial charge on any atom is -0.486 e. The van der Waals surface area contributed by atoms with E-state index in [4.69, 9.17) is 9.47 Å². The van der Waals surface area contributed by atoms with Gasteiger partial charge in [-0.2, -0.15) is 0 Å². The number of aromatic nitrogens is 2. The highest BCUT2D eigenvalue weighted by atomic mass is 32.2. The van der Waals surface area contributed by atoms with Gasteiger partial charge in [0.1, 0.15) is 13.2 Å². The van der Waals surface area contributed by atoms with Gasteiger partial charge in [0.15, 0.2) is 16.7 Å². The van der Waals surface area contributed by atoms with Crippen LogP contribution in [0.5, 0.6) is 11.5 Å². The van der Waals surface area contributed by atoms with Gasteiger partial charge in [-0.1, -0.05) is 11.8 Å². The number of thioether (sulfide) groups is 1. The van der Waals surface area contributed by atoms with E-state index in [0.29, 0.717) is 30.4 Å². The van der Waals surface area contributed by atoms with Crippen molar-refractivity contribution in [1.29, 1.82) is 0 Å². The highest BCUT2D eigenvalue weighted by Crippen LogP contribution is 2.33. The fourth-order valence-corrected chi connectivity index (χ4v) is 3.27. The van der Waals surface area contributed by atoms with Gasteiger partial charge < -0.3 is 24.5 Å². The average Bonchev–Trinajstić information content (AvgIpc) is 2.67. The van der Waals surface area contributed by atoms with Gasteiger partial charge in [-0.25, -0.2) is 4.98 Å². The van der Waals surface area contributed by atoms with Crippen LogP contribution in [0.4, 0.5) is 5.69 Å². The summed E-state index contributed by atoms with van der Waals surface area (Å²) in [5, 5.41) is 2.49. The van der Waals surface area contributed by atoms with Crippen LogP contribution in [0, 0.1) is 0 Å². The van der Waals surface area contributed by atoms with Crippen LogP contribution in [0.2, 0.25) is 0 Å². The van der Waals surface area contributed by atoms with Crippen molar-refractivity contribution in [3.8, 4) is 11.5 Å². The number of amides is 1. The summed E-state index contributed by atoms with van der Waals surface area (Å²) < 4.78 is 15.5. The molecule has 0 bridgehead atoms. The van der Waals surface area contributed by atoms with Crippen LogP contribution in [-0.4, -0.2) is 47.4 Å². The van der Waals surface area contributed by atoms with Crippen LogP contribution < -0.4 is 20.3 Å². The van der Waals surface area contributed by atoms with Crippen LogP contribution in [-0.2, 0) is 20.7 Å². The molecule has 0 aliphatic carbocycles. The Morgan fingerprint density at radius 2 is 2.04 bits per heavy atom. The number of anilines is 1. The maximum atomic E-state index is 12.5. The lowest BCUT2D eigenvalue weighted by Crippen LogP contribution is -2.24. The first-order valence-corrected chi connectivity index (χ1v) is 9.37. The molecular formula is C18H19N3O6S. The third kappa shape index (κ3) is 5.03. The molecule has 0 radical (unpaired) electrons. The molecule has 2 aromatic rings. The summed E-state index contributed by atoms with van der Waals surface area (Å²) in [5.74, 6) is 0.433. The fourth-order valence-electron chi connectivity index (χ4n) is 2.44. The lowest BCUT2D eigenvalue weighted by molar-refractivity contribution is -0.139. The van der Waals surface area contributed by atoms with Crippen LogP contribution in [0.3, 0.4) is 0 Å². The smallest absolute Gasteiger partial charge is 0.311 e. The summed E-state index contributed by atoms with van der Waals surface area (Å²) in [6.07, 6.45) is -0.119. The summed E-state index contributed by atoms with van der Waals surface area (Å²) in [5.41, 5.74) is 0.441. The highest BCUT2D eigenvalue weighted by Gasteiger charge is 2.19. The second-order valence-corrected chi connectivity index (χ2v) is 7.23. The van der Waals surface area contributed by atoms with Gasteiger partial charge in [-0.05, 0) is 19.1 Å². The number of carbonyl (C=O) groups excluding carboxylic acids is 2. The van der Waals surface area contributed by atoms with Crippen molar-refractivity contribution in [1.82, 2.24) is 9.97 Å². The first-order chi connectivity index (χ1) is 13.4. The molecule has 0 saturated heterocycles. The van der Waals surface area contributed by atoms with Crippen molar-refractivity contribution in [2.45, 2.75) is 23.8 Å². The quantitative estimate of drug-likeness (QED) is 0.420. The standard InChI is InChI=1S/C18H19N3O6S/c1-10(28-18-20-12(8-15(22)21-18)9-16(23)25-2)17(24)19-11-3-4-13-14(7-11)27-6-5-26-13/h3-4,7-8,10H,5-6,9H2,1-2H3,(H,19,24)(H,20,21,22)/t10-/m1/s1. The first-order valence-electron chi connectivity index (χ1n) is 8.49. The number of nitrogens with zero attached hydrogens (tertiary/aromatic N) is 1. The Bertz CT molecular complexity index is 945. The van der Waals surface area contributed by atoms with Crippen molar-refractivity contribution >= 4 is 29.3 Å². The fraction of sp³-hybridized carbons (Fsp3) is 0.333. The number of nitrogens with one attached hydrogen (secondary N) is 2. The molecule has 0 unspecified atom stereocenters. The molecule has 3 rings (SSSR count). The Balaban J connectivity index is 1.65. The number of carbonyl (C=O) groups is 2. The predicted octanol–water partition coefficient (Wildman–Crippen LogP) is 1.38. The molecule has 1 amide bonds.